The molecule has 2 amide bonds. The van der Waals surface area contributed by atoms with Crippen LogP contribution in [0.2, 0.25) is 0 Å². The highest BCUT2D eigenvalue weighted by atomic mass is 16.4. The number of carbonyl (C=O) groups excluding carboxylic acids is 1. The standard InChI is InChI=1S/C11H23N3O3/c1-3-12-7-4-8-13-11(17)14-9(2)5-6-10(15)16/h9,12H,3-8H2,1-2H3,(H,15,16)(H2,13,14,17). The number of rotatable bonds is 9. The van der Waals surface area contributed by atoms with Gasteiger partial charge in [0.2, 0.25) is 0 Å². The Balaban J connectivity index is 3.47. The molecule has 100 valence electrons. The Kier molecular flexibility index (Phi) is 9.14. The molecule has 0 radical (unpaired) electrons. The van der Waals surface area contributed by atoms with Crippen molar-refractivity contribution in [2.75, 3.05) is 19.6 Å². The van der Waals surface area contributed by atoms with Crippen LogP contribution in [0.5, 0.6) is 0 Å². The Labute approximate surface area is 102 Å². The highest BCUT2D eigenvalue weighted by Crippen LogP contribution is 1.95. The van der Waals surface area contributed by atoms with Gasteiger partial charge in [-0.25, -0.2) is 4.79 Å². The van der Waals surface area contributed by atoms with Crippen LogP contribution in [-0.2, 0) is 4.79 Å². The van der Waals surface area contributed by atoms with Gasteiger partial charge in [-0.1, -0.05) is 6.92 Å². The van der Waals surface area contributed by atoms with Crippen molar-refractivity contribution in [1.82, 2.24) is 16.0 Å². The van der Waals surface area contributed by atoms with Crippen molar-refractivity contribution in [3.8, 4) is 0 Å². The molecule has 0 heterocycles. The van der Waals surface area contributed by atoms with E-state index >= 15 is 0 Å². The molecule has 17 heavy (non-hydrogen) atoms. The Morgan fingerprint density at radius 3 is 2.59 bits per heavy atom. The SMILES string of the molecule is CCNCCCNC(=O)NC(C)CCC(=O)O. The van der Waals surface area contributed by atoms with Crippen molar-refractivity contribution in [3.05, 3.63) is 0 Å². The second-order valence-corrected chi connectivity index (χ2v) is 3.94. The van der Waals surface area contributed by atoms with Crippen molar-refractivity contribution in [2.24, 2.45) is 0 Å². The van der Waals surface area contributed by atoms with Crippen molar-refractivity contribution in [2.45, 2.75) is 39.2 Å². The van der Waals surface area contributed by atoms with Crippen molar-refractivity contribution in [3.63, 3.8) is 0 Å². The van der Waals surface area contributed by atoms with E-state index in [9.17, 15) is 9.59 Å². The Morgan fingerprint density at radius 1 is 1.29 bits per heavy atom. The zero-order valence-corrected chi connectivity index (χ0v) is 10.6. The van der Waals surface area contributed by atoms with Crippen LogP contribution in [0, 0.1) is 0 Å². The molecule has 0 aromatic rings. The molecule has 0 saturated carbocycles. The van der Waals surface area contributed by atoms with Gasteiger partial charge in [0.25, 0.3) is 0 Å². The van der Waals surface area contributed by atoms with Crippen molar-refractivity contribution < 1.29 is 14.7 Å². The maximum atomic E-state index is 11.3. The second-order valence-electron chi connectivity index (χ2n) is 3.94. The topological polar surface area (TPSA) is 90.5 Å². The fourth-order valence-corrected chi connectivity index (χ4v) is 1.28. The Hall–Kier alpha value is -1.30. The van der Waals surface area contributed by atoms with Gasteiger partial charge >= 0.3 is 12.0 Å². The summed E-state index contributed by atoms with van der Waals surface area (Å²) in [7, 11) is 0. The number of amides is 2. The molecule has 0 bridgehead atoms. The summed E-state index contributed by atoms with van der Waals surface area (Å²) in [5.74, 6) is -0.843. The van der Waals surface area contributed by atoms with Crippen LogP contribution in [0.15, 0.2) is 0 Å². The van der Waals surface area contributed by atoms with Gasteiger partial charge in [-0.2, -0.15) is 0 Å². The summed E-state index contributed by atoms with van der Waals surface area (Å²) in [4.78, 5) is 21.7. The number of carboxylic acids is 1. The van der Waals surface area contributed by atoms with Gasteiger partial charge in [-0.3, -0.25) is 4.79 Å². The predicted molar refractivity (Wildman–Crippen MR) is 66.0 cm³/mol. The minimum absolute atomic E-state index is 0.0713. The maximum absolute atomic E-state index is 11.3. The smallest absolute Gasteiger partial charge is 0.314 e. The van der Waals surface area contributed by atoms with Gasteiger partial charge in [0.05, 0.1) is 0 Å². The highest BCUT2D eigenvalue weighted by molar-refractivity contribution is 5.74. The average Bonchev–Trinajstić information content (AvgIpc) is 2.26. The van der Waals surface area contributed by atoms with Gasteiger partial charge in [0.1, 0.15) is 0 Å². The van der Waals surface area contributed by atoms with E-state index in [0.717, 1.165) is 19.5 Å². The molecule has 6 nitrogen and oxygen atoms in total. The number of urea groups is 1. The summed E-state index contributed by atoms with van der Waals surface area (Å²) in [6.07, 6.45) is 1.40. The molecule has 0 aliphatic carbocycles. The van der Waals surface area contributed by atoms with Crippen LogP contribution in [0.4, 0.5) is 4.79 Å². The Bertz CT molecular complexity index is 234. The fourth-order valence-electron chi connectivity index (χ4n) is 1.28. The van der Waals surface area contributed by atoms with Crippen LogP contribution in [0.3, 0.4) is 0 Å². The summed E-state index contributed by atoms with van der Waals surface area (Å²) in [6.45, 7) is 6.25. The molecule has 0 fully saturated rings. The molecule has 0 aromatic carbocycles. The summed E-state index contributed by atoms with van der Waals surface area (Å²) in [5.41, 5.74) is 0. The van der Waals surface area contributed by atoms with Crippen molar-refractivity contribution in [1.29, 1.82) is 0 Å². The third kappa shape index (κ3) is 11.0. The molecular formula is C11H23N3O3. The van der Waals surface area contributed by atoms with E-state index in [0.29, 0.717) is 13.0 Å². The van der Waals surface area contributed by atoms with E-state index in [2.05, 4.69) is 16.0 Å². The van der Waals surface area contributed by atoms with Crippen LogP contribution >= 0.6 is 0 Å². The summed E-state index contributed by atoms with van der Waals surface area (Å²) < 4.78 is 0. The largest absolute Gasteiger partial charge is 0.481 e. The lowest BCUT2D eigenvalue weighted by Gasteiger charge is -2.13. The number of carboxylic acid groups (broad SMARTS) is 1. The van der Waals surface area contributed by atoms with E-state index in [4.69, 9.17) is 5.11 Å². The quantitative estimate of drug-likeness (QED) is 0.446. The molecule has 0 saturated heterocycles. The molecule has 1 unspecified atom stereocenters. The first kappa shape index (κ1) is 15.7. The molecule has 0 aliphatic rings. The van der Waals surface area contributed by atoms with E-state index in [1.54, 1.807) is 6.92 Å². The third-order valence-electron chi connectivity index (χ3n) is 2.23. The molecule has 6 heteroatoms. The summed E-state index contributed by atoms with van der Waals surface area (Å²) >= 11 is 0. The van der Waals surface area contributed by atoms with Crippen molar-refractivity contribution >= 4 is 12.0 Å². The number of nitrogens with one attached hydrogen (secondary N) is 3. The van der Waals surface area contributed by atoms with Crippen LogP contribution in [-0.4, -0.2) is 42.8 Å². The first-order chi connectivity index (χ1) is 8.06. The first-order valence-corrected chi connectivity index (χ1v) is 6.03. The molecule has 1 atom stereocenters. The minimum atomic E-state index is -0.843. The number of aliphatic carboxylic acids is 1. The number of hydrogen-bond acceptors (Lipinski definition) is 3. The van der Waals surface area contributed by atoms with E-state index < -0.39 is 5.97 Å². The van der Waals surface area contributed by atoms with Gasteiger partial charge in [-0.15, -0.1) is 0 Å². The monoisotopic (exact) mass is 245 g/mol. The van der Waals surface area contributed by atoms with E-state index in [1.165, 1.54) is 0 Å². The molecule has 0 aromatic heterocycles. The Morgan fingerprint density at radius 2 is 2.00 bits per heavy atom. The van der Waals surface area contributed by atoms with Gasteiger partial charge in [0.15, 0.2) is 0 Å². The average molecular weight is 245 g/mol. The van der Waals surface area contributed by atoms with Crippen LogP contribution in [0.25, 0.3) is 0 Å². The predicted octanol–water partition coefficient (Wildman–Crippen LogP) is 0.539. The maximum Gasteiger partial charge on any atom is 0.314 e. The molecule has 0 aliphatic heterocycles. The van der Waals surface area contributed by atoms with Gasteiger partial charge in [-0.05, 0) is 32.9 Å². The summed E-state index contributed by atoms with van der Waals surface area (Å²) in [5, 5.41) is 17.1. The van der Waals surface area contributed by atoms with Gasteiger partial charge < -0.3 is 21.1 Å². The lowest BCUT2D eigenvalue weighted by molar-refractivity contribution is -0.137. The number of carbonyl (C=O) groups is 2. The normalized spacial score (nSPS) is 11.9. The summed E-state index contributed by atoms with van der Waals surface area (Å²) in [6, 6.07) is -0.362. The second kappa shape index (κ2) is 9.89. The highest BCUT2D eigenvalue weighted by Gasteiger charge is 2.08. The number of hydrogen-bond donors (Lipinski definition) is 4. The van der Waals surface area contributed by atoms with E-state index in [-0.39, 0.29) is 18.5 Å². The van der Waals surface area contributed by atoms with Crippen LogP contribution in [0.1, 0.15) is 33.1 Å². The van der Waals surface area contributed by atoms with Gasteiger partial charge in [0, 0.05) is 19.0 Å². The van der Waals surface area contributed by atoms with E-state index in [1.807, 2.05) is 6.92 Å². The zero-order valence-electron chi connectivity index (χ0n) is 10.6. The molecular weight excluding hydrogens is 222 g/mol. The lowest BCUT2D eigenvalue weighted by Crippen LogP contribution is -2.41. The fraction of sp³-hybridized carbons (Fsp3) is 0.818. The first-order valence-electron chi connectivity index (χ1n) is 6.03. The minimum Gasteiger partial charge on any atom is -0.481 e. The zero-order chi connectivity index (χ0) is 13.1. The third-order valence-corrected chi connectivity index (χ3v) is 2.23. The molecule has 0 spiro atoms. The molecule has 0 rings (SSSR count). The van der Waals surface area contributed by atoms with Crippen LogP contribution < -0.4 is 16.0 Å². The lowest BCUT2D eigenvalue weighted by atomic mass is 10.2. The molecule has 4 N–H and O–H groups in total.